The summed E-state index contributed by atoms with van der Waals surface area (Å²) >= 11 is 0. The molecule has 0 aliphatic heterocycles. The zero-order valence-corrected chi connectivity index (χ0v) is 9.73. The van der Waals surface area contributed by atoms with Gasteiger partial charge < -0.3 is 5.11 Å². The van der Waals surface area contributed by atoms with Gasteiger partial charge in [0.15, 0.2) is 0 Å². The Labute approximate surface area is 97.8 Å². The third-order valence-corrected chi connectivity index (χ3v) is 3.39. The number of rotatable bonds is 5. The topological polar surface area (TPSA) is 20.2 Å². The average molecular weight is 216 g/mol. The average Bonchev–Trinajstić information content (AvgIpc) is 2.79. The summed E-state index contributed by atoms with van der Waals surface area (Å²) < 4.78 is 0. The second-order valence-corrected chi connectivity index (χ2v) is 4.52. The van der Waals surface area contributed by atoms with E-state index >= 15 is 0 Å². The van der Waals surface area contributed by atoms with E-state index in [2.05, 4.69) is 36.4 Å². The first-order valence-corrected chi connectivity index (χ1v) is 6.28. The fraction of sp³-hybridized carbons (Fsp3) is 0.467. The predicted molar refractivity (Wildman–Crippen MR) is 68.1 cm³/mol. The molecule has 2 rings (SSSR count). The number of hydrogen-bond donors (Lipinski definition) is 1. The standard InChI is InChI=1S/C15H20O/c16-12-5-4-9-14-10-6-11-15(14)13-7-2-1-3-8-13/h1-3,7-8,11,14,16H,4-6,9-10,12H2. The molecule has 0 saturated carbocycles. The van der Waals surface area contributed by atoms with Gasteiger partial charge in [0.2, 0.25) is 0 Å². The molecule has 16 heavy (non-hydrogen) atoms. The largest absolute Gasteiger partial charge is 0.396 e. The molecule has 1 N–H and O–H groups in total. The van der Waals surface area contributed by atoms with E-state index in [4.69, 9.17) is 5.11 Å². The van der Waals surface area contributed by atoms with Crippen LogP contribution in [0.1, 0.15) is 37.7 Å². The van der Waals surface area contributed by atoms with Crippen molar-refractivity contribution in [2.75, 3.05) is 6.61 Å². The molecular formula is C15H20O. The van der Waals surface area contributed by atoms with Crippen molar-refractivity contribution in [1.29, 1.82) is 0 Å². The van der Waals surface area contributed by atoms with Gasteiger partial charge in [-0.1, -0.05) is 42.8 Å². The Balaban J connectivity index is 1.98. The summed E-state index contributed by atoms with van der Waals surface area (Å²) in [6.07, 6.45) is 8.20. The van der Waals surface area contributed by atoms with Gasteiger partial charge in [0.1, 0.15) is 0 Å². The predicted octanol–water partition coefficient (Wildman–Crippen LogP) is 3.64. The van der Waals surface area contributed by atoms with Crippen molar-refractivity contribution in [1.82, 2.24) is 0 Å². The minimum atomic E-state index is 0.330. The maximum atomic E-state index is 8.81. The lowest BCUT2D eigenvalue weighted by atomic mass is 9.90. The molecule has 1 nitrogen and oxygen atoms in total. The second-order valence-electron chi connectivity index (χ2n) is 4.52. The number of aliphatic hydroxyl groups is 1. The first-order chi connectivity index (χ1) is 7.92. The minimum absolute atomic E-state index is 0.330. The van der Waals surface area contributed by atoms with Crippen LogP contribution in [0, 0.1) is 5.92 Å². The van der Waals surface area contributed by atoms with Gasteiger partial charge in [-0.3, -0.25) is 0 Å². The van der Waals surface area contributed by atoms with Crippen LogP contribution in [-0.4, -0.2) is 11.7 Å². The van der Waals surface area contributed by atoms with Crippen LogP contribution in [0.5, 0.6) is 0 Å². The number of benzene rings is 1. The second kappa shape index (κ2) is 5.86. The zero-order chi connectivity index (χ0) is 11.2. The fourth-order valence-corrected chi connectivity index (χ4v) is 2.55. The molecule has 0 radical (unpaired) electrons. The normalized spacial score (nSPS) is 19.8. The van der Waals surface area contributed by atoms with Crippen molar-refractivity contribution in [3.63, 3.8) is 0 Å². The molecule has 0 heterocycles. The summed E-state index contributed by atoms with van der Waals surface area (Å²) in [6.45, 7) is 0.330. The maximum Gasteiger partial charge on any atom is 0.0431 e. The lowest BCUT2D eigenvalue weighted by Gasteiger charge is -2.14. The van der Waals surface area contributed by atoms with Crippen LogP contribution >= 0.6 is 0 Å². The van der Waals surface area contributed by atoms with Gasteiger partial charge in [0, 0.05) is 6.61 Å². The van der Waals surface area contributed by atoms with Crippen LogP contribution in [0.3, 0.4) is 0 Å². The Hall–Kier alpha value is -1.08. The van der Waals surface area contributed by atoms with Gasteiger partial charge in [0.05, 0.1) is 0 Å². The Bertz CT molecular complexity index is 340. The van der Waals surface area contributed by atoms with Crippen LogP contribution in [0.15, 0.2) is 36.4 Å². The summed E-state index contributed by atoms with van der Waals surface area (Å²) in [4.78, 5) is 0. The van der Waals surface area contributed by atoms with Crippen LogP contribution < -0.4 is 0 Å². The van der Waals surface area contributed by atoms with Crippen molar-refractivity contribution >= 4 is 5.57 Å². The third kappa shape index (κ3) is 2.73. The van der Waals surface area contributed by atoms with Crippen LogP contribution in [-0.2, 0) is 0 Å². The molecule has 0 aromatic heterocycles. The van der Waals surface area contributed by atoms with E-state index < -0.39 is 0 Å². The van der Waals surface area contributed by atoms with E-state index in [0.717, 1.165) is 12.8 Å². The molecule has 0 spiro atoms. The lowest BCUT2D eigenvalue weighted by molar-refractivity contribution is 0.280. The molecule has 1 atom stereocenters. The lowest BCUT2D eigenvalue weighted by Crippen LogP contribution is -1.99. The molecule has 0 bridgehead atoms. The summed E-state index contributed by atoms with van der Waals surface area (Å²) in [7, 11) is 0. The van der Waals surface area contributed by atoms with Gasteiger partial charge in [-0.15, -0.1) is 0 Å². The molecule has 1 aliphatic carbocycles. The number of unbranched alkanes of at least 4 members (excludes halogenated alkanes) is 1. The summed E-state index contributed by atoms with van der Waals surface area (Å²) in [6, 6.07) is 10.7. The Morgan fingerprint density at radius 2 is 1.94 bits per heavy atom. The van der Waals surface area contributed by atoms with Crippen LogP contribution in [0.2, 0.25) is 0 Å². The maximum absolute atomic E-state index is 8.81. The summed E-state index contributed by atoms with van der Waals surface area (Å²) in [5.74, 6) is 0.717. The van der Waals surface area contributed by atoms with E-state index in [-0.39, 0.29) is 0 Å². The molecule has 1 heteroatoms. The van der Waals surface area contributed by atoms with Crippen molar-refractivity contribution in [3.05, 3.63) is 42.0 Å². The third-order valence-electron chi connectivity index (χ3n) is 3.39. The quantitative estimate of drug-likeness (QED) is 0.745. The number of aliphatic hydroxyl groups excluding tert-OH is 1. The van der Waals surface area contributed by atoms with Gasteiger partial charge in [-0.2, -0.15) is 0 Å². The van der Waals surface area contributed by atoms with Gasteiger partial charge in [-0.05, 0) is 42.7 Å². The first kappa shape index (κ1) is 11.4. The molecule has 0 amide bonds. The van der Waals surface area contributed by atoms with Crippen molar-refractivity contribution in [2.24, 2.45) is 5.92 Å². The first-order valence-electron chi connectivity index (χ1n) is 6.28. The molecule has 1 aromatic carbocycles. The van der Waals surface area contributed by atoms with Gasteiger partial charge >= 0.3 is 0 Å². The van der Waals surface area contributed by atoms with Crippen LogP contribution in [0.4, 0.5) is 0 Å². The molecule has 1 aromatic rings. The van der Waals surface area contributed by atoms with Gasteiger partial charge in [-0.25, -0.2) is 0 Å². The molecule has 1 unspecified atom stereocenters. The Kier molecular flexibility index (Phi) is 4.17. The monoisotopic (exact) mass is 216 g/mol. The highest BCUT2D eigenvalue weighted by molar-refractivity contribution is 5.69. The molecule has 86 valence electrons. The van der Waals surface area contributed by atoms with E-state index in [1.165, 1.54) is 30.4 Å². The van der Waals surface area contributed by atoms with E-state index in [0.29, 0.717) is 12.5 Å². The zero-order valence-electron chi connectivity index (χ0n) is 9.73. The summed E-state index contributed by atoms with van der Waals surface area (Å²) in [5, 5.41) is 8.81. The minimum Gasteiger partial charge on any atom is -0.396 e. The highest BCUT2D eigenvalue weighted by Gasteiger charge is 2.19. The SMILES string of the molecule is OCCCCC1CCC=C1c1ccccc1. The van der Waals surface area contributed by atoms with Crippen LogP contribution in [0.25, 0.3) is 5.57 Å². The Morgan fingerprint density at radius 1 is 1.12 bits per heavy atom. The fourth-order valence-electron chi connectivity index (χ4n) is 2.55. The molecule has 1 aliphatic rings. The van der Waals surface area contributed by atoms with Crippen molar-refractivity contribution < 1.29 is 5.11 Å². The van der Waals surface area contributed by atoms with Crippen molar-refractivity contribution in [3.8, 4) is 0 Å². The highest BCUT2D eigenvalue weighted by Crippen LogP contribution is 2.36. The van der Waals surface area contributed by atoms with Gasteiger partial charge in [0.25, 0.3) is 0 Å². The molecule has 0 saturated heterocycles. The summed E-state index contributed by atoms with van der Waals surface area (Å²) in [5.41, 5.74) is 2.91. The smallest absolute Gasteiger partial charge is 0.0431 e. The molecular weight excluding hydrogens is 196 g/mol. The highest BCUT2D eigenvalue weighted by atomic mass is 16.2. The number of allylic oxidation sites excluding steroid dienone is 2. The van der Waals surface area contributed by atoms with Crippen molar-refractivity contribution in [2.45, 2.75) is 32.1 Å². The number of hydrogen-bond acceptors (Lipinski definition) is 1. The van der Waals surface area contributed by atoms with E-state index in [9.17, 15) is 0 Å². The molecule has 0 fully saturated rings. The van der Waals surface area contributed by atoms with E-state index in [1.807, 2.05) is 0 Å². The Morgan fingerprint density at radius 3 is 2.69 bits per heavy atom. The van der Waals surface area contributed by atoms with E-state index in [1.54, 1.807) is 0 Å².